The van der Waals surface area contributed by atoms with Crippen LogP contribution in [0.4, 0.5) is 0 Å². The van der Waals surface area contributed by atoms with Gasteiger partial charge in [0.05, 0.1) is 11.4 Å². The molecule has 0 amide bonds. The van der Waals surface area contributed by atoms with Gasteiger partial charge in [-0.05, 0) is 38.7 Å². The van der Waals surface area contributed by atoms with E-state index in [4.69, 9.17) is 0 Å². The minimum atomic E-state index is 0.740. The molecule has 2 aliphatic rings. The van der Waals surface area contributed by atoms with E-state index in [0.29, 0.717) is 0 Å². The summed E-state index contributed by atoms with van der Waals surface area (Å²) in [6.45, 7) is 3.15. The molecular formula is C13H20BrN3. The van der Waals surface area contributed by atoms with E-state index in [1.165, 1.54) is 31.4 Å². The number of hydrogen-bond acceptors (Lipinski definition) is 2. The van der Waals surface area contributed by atoms with Crippen molar-refractivity contribution in [2.24, 2.45) is 7.05 Å². The van der Waals surface area contributed by atoms with Crippen LogP contribution in [-0.4, -0.2) is 31.6 Å². The van der Waals surface area contributed by atoms with Gasteiger partial charge < -0.3 is 0 Å². The van der Waals surface area contributed by atoms with Crippen molar-refractivity contribution in [1.29, 1.82) is 0 Å². The SMILES string of the molecule is Cc1cc(CN2C3CCC2CC(Br)C3)n(C)n1. The zero-order valence-electron chi connectivity index (χ0n) is 10.6. The van der Waals surface area contributed by atoms with Gasteiger partial charge in [-0.3, -0.25) is 9.58 Å². The molecule has 94 valence electrons. The molecule has 2 bridgehead atoms. The van der Waals surface area contributed by atoms with Gasteiger partial charge in [0.15, 0.2) is 0 Å². The number of nitrogens with zero attached hydrogens (tertiary/aromatic N) is 3. The molecule has 3 heterocycles. The molecular weight excluding hydrogens is 278 g/mol. The molecule has 1 aromatic heterocycles. The van der Waals surface area contributed by atoms with Crippen LogP contribution in [0.5, 0.6) is 0 Å². The first-order chi connectivity index (χ1) is 8.13. The Bertz CT molecular complexity index is 401. The van der Waals surface area contributed by atoms with Crippen molar-refractivity contribution < 1.29 is 0 Å². The highest BCUT2D eigenvalue weighted by molar-refractivity contribution is 9.09. The van der Waals surface area contributed by atoms with Crippen LogP contribution in [0.1, 0.15) is 37.1 Å². The maximum absolute atomic E-state index is 4.44. The molecule has 2 fully saturated rings. The molecule has 0 N–H and O–H groups in total. The van der Waals surface area contributed by atoms with Crippen molar-refractivity contribution in [2.75, 3.05) is 0 Å². The number of halogens is 1. The fourth-order valence-corrected chi connectivity index (χ4v) is 4.33. The minimum Gasteiger partial charge on any atom is -0.292 e. The zero-order chi connectivity index (χ0) is 12.0. The van der Waals surface area contributed by atoms with Gasteiger partial charge in [0, 0.05) is 30.5 Å². The van der Waals surface area contributed by atoms with Crippen LogP contribution in [0.2, 0.25) is 0 Å². The molecule has 1 aromatic rings. The molecule has 0 aliphatic carbocycles. The third-order valence-corrected chi connectivity index (χ3v) is 5.02. The minimum absolute atomic E-state index is 0.740. The topological polar surface area (TPSA) is 21.1 Å². The monoisotopic (exact) mass is 297 g/mol. The highest BCUT2D eigenvalue weighted by Gasteiger charge is 2.39. The summed E-state index contributed by atoms with van der Waals surface area (Å²) in [4.78, 5) is 3.44. The summed E-state index contributed by atoms with van der Waals surface area (Å²) in [7, 11) is 2.06. The Morgan fingerprint density at radius 1 is 1.35 bits per heavy atom. The van der Waals surface area contributed by atoms with Crippen LogP contribution < -0.4 is 0 Å². The molecule has 2 saturated heterocycles. The van der Waals surface area contributed by atoms with Gasteiger partial charge >= 0.3 is 0 Å². The lowest BCUT2D eigenvalue weighted by molar-refractivity contribution is 0.133. The Morgan fingerprint density at radius 3 is 2.53 bits per heavy atom. The van der Waals surface area contributed by atoms with Gasteiger partial charge in [0.1, 0.15) is 0 Å². The quantitative estimate of drug-likeness (QED) is 0.783. The largest absolute Gasteiger partial charge is 0.292 e. The predicted molar refractivity (Wildman–Crippen MR) is 72.2 cm³/mol. The second-order valence-electron chi connectivity index (χ2n) is 5.53. The van der Waals surface area contributed by atoms with Gasteiger partial charge in [-0.25, -0.2) is 0 Å². The van der Waals surface area contributed by atoms with Gasteiger partial charge in [-0.1, -0.05) is 15.9 Å². The Morgan fingerprint density at radius 2 is 2.00 bits per heavy atom. The average Bonchev–Trinajstić information content (AvgIpc) is 2.68. The first-order valence-corrected chi connectivity index (χ1v) is 7.44. The molecule has 0 saturated carbocycles. The van der Waals surface area contributed by atoms with E-state index in [0.717, 1.165) is 29.1 Å². The average molecular weight is 298 g/mol. The summed E-state index contributed by atoms with van der Waals surface area (Å²) in [5.74, 6) is 0. The van der Waals surface area contributed by atoms with E-state index in [1.54, 1.807) is 0 Å². The molecule has 2 atom stereocenters. The van der Waals surface area contributed by atoms with Crippen LogP contribution in [0.25, 0.3) is 0 Å². The lowest BCUT2D eigenvalue weighted by atomic mass is 10.0. The number of rotatable bonds is 2. The van der Waals surface area contributed by atoms with Crippen molar-refractivity contribution >= 4 is 15.9 Å². The van der Waals surface area contributed by atoms with E-state index in [1.807, 2.05) is 4.68 Å². The van der Waals surface area contributed by atoms with Crippen molar-refractivity contribution in [2.45, 2.75) is 56.1 Å². The first-order valence-electron chi connectivity index (χ1n) is 6.53. The number of piperidine rings is 1. The van der Waals surface area contributed by atoms with Crippen molar-refractivity contribution in [1.82, 2.24) is 14.7 Å². The molecule has 0 aromatic carbocycles. The lowest BCUT2D eigenvalue weighted by Crippen LogP contribution is -2.42. The fourth-order valence-electron chi connectivity index (χ4n) is 3.47. The molecule has 0 spiro atoms. The smallest absolute Gasteiger partial charge is 0.0597 e. The summed E-state index contributed by atoms with van der Waals surface area (Å²) in [5, 5.41) is 4.44. The summed E-state index contributed by atoms with van der Waals surface area (Å²) in [6, 6.07) is 3.79. The molecule has 17 heavy (non-hydrogen) atoms. The Kier molecular flexibility index (Phi) is 3.03. The van der Waals surface area contributed by atoms with E-state index in [-0.39, 0.29) is 0 Å². The number of aromatic nitrogens is 2. The van der Waals surface area contributed by atoms with Crippen molar-refractivity contribution in [3.05, 3.63) is 17.5 Å². The summed E-state index contributed by atoms with van der Waals surface area (Å²) < 4.78 is 2.04. The normalized spacial score (nSPS) is 33.2. The predicted octanol–water partition coefficient (Wildman–Crippen LogP) is 2.62. The first kappa shape index (κ1) is 11.7. The van der Waals surface area contributed by atoms with E-state index in [2.05, 4.69) is 46.0 Å². The van der Waals surface area contributed by atoms with Crippen LogP contribution in [0.15, 0.2) is 6.07 Å². The van der Waals surface area contributed by atoms with Crippen LogP contribution in [-0.2, 0) is 13.6 Å². The Hall–Kier alpha value is -0.350. The van der Waals surface area contributed by atoms with Gasteiger partial charge in [-0.15, -0.1) is 0 Å². The van der Waals surface area contributed by atoms with Crippen LogP contribution >= 0.6 is 15.9 Å². The lowest BCUT2D eigenvalue weighted by Gasteiger charge is -2.37. The molecule has 2 aliphatic heterocycles. The summed E-state index contributed by atoms with van der Waals surface area (Å²) >= 11 is 3.80. The maximum atomic E-state index is 4.44. The van der Waals surface area contributed by atoms with Gasteiger partial charge in [0.2, 0.25) is 0 Å². The molecule has 3 nitrogen and oxygen atoms in total. The molecule has 3 rings (SSSR count). The third-order valence-electron chi connectivity index (χ3n) is 4.27. The van der Waals surface area contributed by atoms with E-state index in [9.17, 15) is 0 Å². The second kappa shape index (κ2) is 4.39. The fraction of sp³-hybridized carbons (Fsp3) is 0.769. The molecule has 2 unspecified atom stereocenters. The highest BCUT2D eigenvalue weighted by atomic mass is 79.9. The van der Waals surface area contributed by atoms with Crippen molar-refractivity contribution in [3.8, 4) is 0 Å². The number of aryl methyl sites for hydroxylation is 2. The summed E-state index contributed by atoms with van der Waals surface area (Å²) in [5.41, 5.74) is 2.48. The maximum Gasteiger partial charge on any atom is 0.0597 e. The van der Waals surface area contributed by atoms with E-state index >= 15 is 0 Å². The summed E-state index contributed by atoms with van der Waals surface area (Å²) in [6.07, 6.45) is 5.38. The Balaban J connectivity index is 1.76. The highest BCUT2D eigenvalue weighted by Crippen LogP contribution is 2.39. The third kappa shape index (κ3) is 2.17. The molecule has 4 heteroatoms. The number of hydrogen-bond donors (Lipinski definition) is 0. The second-order valence-corrected chi connectivity index (χ2v) is 6.82. The van der Waals surface area contributed by atoms with Gasteiger partial charge in [0.25, 0.3) is 0 Å². The molecule has 0 radical (unpaired) electrons. The zero-order valence-corrected chi connectivity index (χ0v) is 12.2. The van der Waals surface area contributed by atoms with Gasteiger partial charge in [-0.2, -0.15) is 5.10 Å². The van der Waals surface area contributed by atoms with Crippen molar-refractivity contribution in [3.63, 3.8) is 0 Å². The number of alkyl halides is 1. The van der Waals surface area contributed by atoms with Crippen LogP contribution in [0, 0.1) is 6.92 Å². The Labute approximate surface area is 111 Å². The van der Waals surface area contributed by atoms with E-state index < -0.39 is 0 Å². The van der Waals surface area contributed by atoms with Crippen LogP contribution in [0.3, 0.4) is 0 Å². The number of fused-ring (bicyclic) bond motifs is 2. The standard InChI is InChI=1S/C13H20BrN3/c1-9-5-13(16(2)15-9)8-17-11-3-4-12(17)7-10(14)6-11/h5,10-12H,3-4,6-8H2,1-2H3.